The molecule has 8 heteroatoms. The summed E-state index contributed by atoms with van der Waals surface area (Å²) in [5, 5.41) is 30.9. The van der Waals surface area contributed by atoms with Crippen molar-refractivity contribution < 1.29 is 4.79 Å². The van der Waals surface area contributed by atoms with E-state index in [0.717, 1.165) is 9.75 Å². The molecule has 1 amide bonds. The summed E-state index contributed by atoms with van der Waals surface area (Å²) in [7, 11) is 0. The zero-order valence-electron chi connectivity index (χ0n) is 13.2. The predicted octanol–water partition coefficient (Wildman–Crippen LogP) is 4.17. The van der Waals surface area contributed by atoms with E-state index < -0.39 is 11.3 Å². The van der Waals surface area contributed by atoms with Crippen LogP contribution in [0.4, 0.5) is 0 Å². The molecule has 4 rings (SSSR count). The Bertz CT molecular complexity index is 1040. The Morgan fingerprint density at radius 1 is 1.19 bits per heavy atom. The van der Waals surface area contributed by atoms with Gasteiger partial charge in [-0.25, -0.2) is 0 Å². The van der Waals surface area contributed by atoms with Gasteiger partial charge in [0.2, 0.25) is 5.91 Å². The highest BCUT2D eigenvalue weighted by Crippen LogP contribution is 2.49. The number of hydrogen-bond donors (Lipinski definition) is 1. The van der Waals surface area contributed by atoms with Gasteiger partial charge in [-0.3, -0.25) is 9.69 Å². The van der Waals surface area contributed by atoms with Gasteiger partial charge in [0, 0.05) is 15.3 Å². The number of nitrogens with zero attached hydrogens (tertiary/aromatic N) is 3. The van der Waals surface area contributed by atoms with Crippen molar-refractivity contribution in [2.45, 2.75) is 11.3 Å². The summed E-state index contributed by atoms with van der Waals surface area (Å²) in [5.74, 6) is -0.252. The molecule has 0 spiro atoms. The Morgan fingerprint density at radius 2 is 1.96 bits per heavy atom. The van der Waals surface area contributed by atoms with Gasteiger partial charge in [-0.05, 0) is 29.0 Å². The monoisotopic (exact) mass is 394 g/mol. The average molecular weight is 395 g/mol. The van der Waals surface area contributed by atoms with Gasteiger partial charge in [0.15, 0.2) is 6.04 Å². The molecule has 126 valence electrons. The number of amides is 1. The van der Waals surface area contributed by atoms with Crippen LogP contribution in [0.5, 0.6) is 0 Å². The van der Waals surface area contributed by atoms with E-state index in [1.54, 1.807) is 6.08 Å². The fraction of sp³-hybridized carbons (Fsp3) is 0.111. The van der Waals surface area contributed by atoms with Crippen molar-refractivity contribution in [2.24, 2.45) is 0 Å². The van der Waals surface area contributed by atoms with Gasteiger partial charge < -0.3 is 5.41 Å². The molecule has 4 heterocycles. The fourth-order valence-corrected chi connectivity index (χ4v) is 5.65. The number of thioether (sulfide) groups is 1. The number of fused-ring (bicyclic) bond motifs is 1. The minimum atomic E-state index is -1.00. The van der Waals surface area contributed by atoms with Gasteiger partial charge in [0.25, 0.3) is 0 Å². The maximum absolute atomic E-state index is 13.1. The molecule has 1 fully saturated rings. The molecule has 26 heavy (non-hydrogen) atoms. The van der Waals surface area contributed by atoms with E-state index in [1.807, 2.05) is 35.0 Å². The number of hydrogen-bond acceptors (Lipinski definition) is 7. The molecule has 2 aliphatic heterocycles. The molecule has 0 radical (unpaired) electrons. The SMILES string of the molecule is N#CC1=C2/C(=C/c3cccs3)C(=N)C(C#N)N2C(=O)[C@@H](c2cccs2)S1. The van der Waals surface area contributed by atoms with Gasteiger partial charge >= 0.3 is 0 Å². The fourth-order valence-electron chi connectivity index (χ4n) is 2.97. The number of carbonyl (C=O) groups is 1. The molecule has 0 aliphatic carbocycles. The third-order valence-corrected chi connectivity index (χ3v) is 7.20. The number of thiophene rings is 2. The quantitative estimate of drug-likeness (QED) is 0.827. The first kappa shape index (κ1) is 16.8. The van der Waals surface area contributed by atoms with E-state index in [-0.39, 0.29) is 11.6 Å². The lowest BCUT2D eigenvalue weighted by Crippen LogP contribution is -2.40. The van der Waals surface area contributed by atoms with Crippen molar-refractivity contribution in [3.05, 3.63) is 61.0 Å². The third kappa shape index (κ3) is 2.51. The van der Waals surface area contributed by atoms with Crippen LogP contribution in [0.2, 0.25) is 0 Å². The molecule has 0 saturated carbocycles. The molecule has 1 saturated heterocycles. The molecule has 1 N–H and O–H groups in total. The topological polar surface area (TPSA) is 91.7 Å². The van der Waals surface area contributed by atoms with Crippen LogP contribution < -0.4 is 0 Å². The molecule has 2 aliphatic rings. The molecule has 5 nitrogen and oxygen atoms in total. The van der Waals surface area contributed by atoms with Crippen LogP contribution in [0.1, 0.15) is 15.0 Å². The number of allylic oxidation sites excluding steroid dienone is 2. The van der Waals surface area contributed by atoms with Crippen molar-refractivity contribution in [2.75, 3.05) is 0 Å². The normalized spacial score (nSPS) is 23.9. The summed E-state index contributed by atoms with van der Waals surface area (Å²) >= 11 is 4.14. The second-order valence-electron chi connectivity index (χ2n) is 5.53. The van der Waals surface area contributed by atoms with Crippen molar-refractivity contribution in [1.82, 2.24) is 4.90 Å². The summed E-state index contributed by atoms with van der Waals surface area (Å²) in [5.41, 5.74) is 0.922. The number of nitrogens with one attached hydrogen (secondary N) is 1. The smallest absolute Gasteiger partial charge is 0.247 e. The van der Waals surface area contributed by atoms with E-state index >= 15 is 0 Å². The van der Waals surface area contributed by atoms with Crippen molar-refractivity contribution in [3.63, 3.8) is 0 Å². The summed E-state index contributed by atoms with van der Waals surface area (Å²) < 4.78 is 0. The van der Waals surface area contributed by atoms with Crippen molar-refractivity contribution in [1.29, 1.82) is 15.9 Å². The van der Waals surface area contributed by atoms with Gasteiger partial charge in [-0.15, -0.1) is 22.7 Å². The Morgan fingerprint density at radius 3 is 2.58 bits per heavy atom. The highest BCUT2D eigenvalue weighted by molar-refractivity contribution is 8.04. The van der Waals surface area contributed by atoms with Crippen LogP contribution >= 0.6 is 34.4 Å². The van der Waals surface area contributed by atoms with Gasteiger partial charge in [0.05, 0.1) is 17.5 Å². The Balaban J connectivity index is 1.90. The summed E-state index contributed by atoms with van der Waals surface area (Å²) in [4.78, 5) is 16.6. The van der Waals surface area contributed by atoms with E-state index in [1.165, 1.54) is 39.3 Å². The highest BCUT2D eigenvalue weighted by Gasteiger charge is 2.49. The standard InChI is InChI=1S/C18H10N4OS3/c19-8-12-15(21)11(7-10-3-1-5-24-10)16-14(9-20)26-17(18(23)22(12)16)13-4-2-6-25-13/h1-7,12,17,21H/b11-7+,21-15?/t12?,17-/m1/s1. The second kappa shape index (κ2) is 6.58. The number of nitriles is 2. The number of carbonyl (C=O) groups excluding carboxylic acids is 1. The van der Waals surface area contributed by atoms with Gasteiger partial charge in [-0.1, -0.05) is 23.9 Å². The van der Waals surface area contributed by atoms with Crippen molar-refractivity contribution in [3.8, 4) is 12.1 Å². The van der Waals surface area contributed by atoms with E-state index in [0.29, 0.717) is 16.2 Å². The van der Waals surface area contributed by atoms with Gasteiger partial charge in [-0.2, -0.15) is 10.5 Å². The predicted molar refractivity (Wildman–Crippen MR) is 104 cm³/mol. The molecule has 2 aromatic heterocycles. The zero-order valence-corrected chi connectivity index (χ0v) is 15.6. The molecular formula is C18H10N4OS3. The maximum atomic E-state index is 13.1. The lowest BCUT2D eigenvalue weighted by atomic mass is 10.1. The first-order chi connectivity index (χ1) is 12.7. The zero-order chi connectivity index (χ0) is 18.3. The largest absolute Gasteiger partial charge is 0.301 e. The lowest BCUT2D eigenvalue weighted by Gasteiger charge is -2.30. The molecule has 0 aromatic carbocycles. The summed E-state index contributed by atoms with van der Waals surface area (Å²) in [6, 6.07) is 10.7. The Hall–Kier alpha value is -2.65. The Kier molecular flexibility index (Phi) is 4.25. The highest BCUT2D eigenvalue weighted by atomic mass is 32.2. The van der Waals surface area contributed by atoms with Crippen LogP contribution in [0.3, 0.4) is 0 Å². The maximum Gasteiger partial charge on any atom is 0.247 e. The first-order valence-corrected chi connectivity index (χ1v) is 10.2. The minimum absolute atomic E-state index is 0.0597. The van der Waals surface area contributed by atoms with Crippen LogP contribution in [0.15, 0.2) is 51.2 Å². The van der Waals surface area contributed by atoms with Crippen LogP contribution in [0, 0.1) is 28.1 Å². The van der Waals surface area contributed by atoms with Crippen LogP contribution in [0.25, 0.3) is 6.08 Å². The molecule has 2 atom stereocenters. The van der Waals surface area contributed by atoms with E-state index in [2.05, 4.69) is 12.1 Å². The Labute approximate surface area is 162 Å². The number of rotatable bonds is 2. The van der Waals surface area contributed by atoms with Crippen LogP contribution in [-0.4, -0.2) is 22.6 Å². The molecule has 1 unspecified atom stereocenters. The third-order valence-electron chi connectivity index (χ3n) is 4.09. The van der Waals surface area contributed by atoms with E-state index in [4.69, 9.17) is 5.41 Å². The summed E-state index contributed by atoms with van der Waals surface area (Å²) in [6.07, 6.45) is 1.78. The first-order valence-electron chi connectivity index (χ1n) is 7.57. The second-order valence-corrected chi connectivity index (χ2v) is 8.60. The van der Waals surface area contributed by atoms with Gasteiger partial charge in [0.1, 0.15) is 16.2 Å². The van der Waals surface area contributed by atoms with Crippen molar-refractivity contribution >= 4 is 52.1 Å². The molecular weight excluding hydrogens is 384 g/mol. The minimum Gasteiger partial charge on any atom is -0.301 e. The summed E-state index contributed by atoms with van der Waals surface area (Å²) in [6.45, 7) is 0. The lowest BCUT2D eigenvalue weighted by molar-refractivity contribution is -0.128. The molecule has 2 aromatic rings. The average Bonchev–Trinajstić information content (AvgIpc) is 3.38. The van der Waals surface area contributed by atoms with E-state index in [9.17, 15) is 15.3 Å². The molecule has 0 bridgehead atoms. The van der Waals surface area contributed by atoms with Crippen LogP contribution in [-0.2, 0) is 4.79 Å².